The fourth-order valence-corrected chi connectivity index (χ4v) is 5.38. The van der Waals surface area contributed by atoms with Gasteiger partial charge in [0.2, 0.25) is 5.12 Å². The van der Waals surface area contributed by atoms with Gasteiger partial charge in [-0.3, -0.25) is 14.3 Å². The number of alkyl halides is 3. The van der Waals surface area contributed by atoms with E-state index in [-0.39, 0.29) is 29.2 Å². The highest BCUT2D eigenvalue weighted by Crippen LogP contribution is 2.33. The number of aliphatic imine (C=N–C) groups is 1. The number of aryl methyl sites for hydroxylation is 1. The maximum atomic E-state index is 12.5. The molecule has 1 aliphatic rings. The summed E-state index contributed by atoms with van der Waals surface area (Å²) in [6.07, 6.45) is -3.19. The summed E-state index contributed by atoms with van der Waals surface area (Å²) in [4.78, 5) is 23.8. The Morgan fingerprint density at radius 3 is 2.57 bits per heavy atom. The monoisotopic (exact) mass is 623 g/mol. The molecular weight excluding hydrogens is 595 g/mol. The minimum atomic E-state index is -4.79. The predicted molar refractivity (Wildman–Crippen MR) is 166 cm³/mol. The second-order valence-electron chi connectivity index (χ2n) is 9.96. The third-order valence-electron chi connectivity index (χ3n) is 6.53. The van der Waals surface area contributed by atoms with Gasteiger partial charge in [-0.25, -0.2) is 10.5 Å². The number of rotatable bonds is 8. The number of nitrogens with zero attached hydrogens (tertiary/aromatic N) is 6. The zero-order chi connectivity index (χ0) is 31.4. The first-order valence-corrected chi connectivity index (χ1v) is 14.2. The van der Waals surface area contributed by atoms with E-state index >= 15 is 0 Å². The van der Waals surface area contributed by atoms with E-state index in [9.17, 15) is 18.0 Å². The Balaban J connectivity index is 1.40. The van der Waals surface area contributed by atoms with E-state index in [4.69, 9.17) is 4.84 Å². The van der Waals surface area contributed by atoms with E-state index in [0.29, 0.717) is 16.5 Å². The minimum Gasteiger partial charge on any atom is -0.406 e. The molecule has 4 aromatic rings. The van der Waals surface area contributed by atoms with Crippen molar-refractivity contribution in [1.82, 2.24) is 15.3 Å². The summed E-state index contributed by atoms with van der Waals surface area (Å²) >= 11 is 1.06. The molecule has 228 valence electrons. The van der Waals surface area contributed by atoms with E-state index in [1.165, 1.54) is 31.4 Å². The molecule has 0 saturated carbocycles. The van der Waals surface area contributed by atoms with Crippen LogP contribution in [0.25, 0.3) is 10.9 Å². The van der Waals surface area contributed by atoms with Crippen LogP contribution in [0.5, 0.6) is 5.75 Å². The number of benzene rings is 3. The summed E-state index contributed by atoms with van der Waals surface area (Å²) in [6.45, 7) is 4.43. The third-order valence-corrected chi connectivity index (χ3v) is 7.37. The highest BCUT2D eigenvalue weighted by molar-refractivity contribution is 8.27. The number of hydrogen-bond acceptors (Lipinski definition) is 8. The van der Waals surface area contributed by atoms with Crippen molar-refractivity contribution >= 4 is 56.4 Å². The lowest BCUT2D eigenvalue weighted by molar-refractivity contribution is -0.274. The van der Waals surface area contributed by atoms with Gasteiger partial charge in [-0.05, 0) is 71.3 Å². The number of anilines is 1. The summed E-state index contributed by atoms with van der Waals surface area (Å²) in [7, 11) is 3.18. The van der Waals surface area contributed by atoms with Crippen LogP contribution in [0.3, 0.4) is 0 Å². The Hall–Kier alpha value is -4.69. The summed E-state index contributed by atoms with van der Waals surface area (Å²) in [5.41, 5.74) is 7.08. The minimum absolute atomic E-state index is 0.00550. The molecule has 0 bridgehead atoms. The highest BCUT2D eigenvalue weighted by Gasteiger charge is 2.31. The summed E-state index contributed by atoms with van der Waals surface area (Å²) < 4.78 is 43.1. The maximum absolute atomic E-state index is 12.5. The first-order valence-electron chi connectivity index (χ1n) is 13.4. The molecule has 0 atom stereocenters. The molecule has 5 rings (SSSR count). The van der Waals surface area contributed by atoms with Crippen LogP contribution in [0.2, 0.25) is 0 Å². The zero-order valence-electron chi connectivity index (χ0n) is 24.2. The van der Waals surface area contributed by atoms with E-state index in [1.807, 2.05) is 47.4 Å². The summed E-state index contributed by atoms with van der Waals surface area (Å²) in [5, 5.41) is 14.5. The molecule has 1 aliphatic heterocycles. The number of carbonyl (C=O) groups excluding carboxylic acids is 1. The van der Waals surface area contributed by atoms with Crippen molar-refractivity contribution in [2.45, 2.75) is 26.1 Å². The second-order valence-corrected chi connectivity index (χ2v) is 11.0. The molecule has 0 aliphatic carbocycles. The lowest BCUT2D eigenvalue weighted by Crippen LogP contribution is -2.25. The number of halogens is 3. The molecule has 14 heteroatoms. The molecule has 0 unspecified atom stereocenters. The first kappa shape index (κ1) is 30.8. The average molecular weight is 624 g/mol. The highest BCUT2D eigenvalue weighted by atomic mass is 32.2. The number of aromatic nitrogens is 2. The van der Waals surface area contributed by atoms with Crippen molar-refractivity contribution in [2.24, 2.45) is 22.2 Å². The number of amidine groups is 2. The Morgan fingerprint density at radius 2 is 1.86 bits per heavy atom. The van der Waals surface area contributed by atoms with Crippen molar-refractivity contribution in [1.29, 1.82) is 0 Å². The largest absolute Gasteiger partial charge is 0.573 e. The molecule has 0 amide bonds. The van der Waals surface area contributed by atoms with Gasteiger partial charge in [0.25, 0.3) is 0 Å². The van der Waals surface area contributed by atoms with Gasteiger partial charge in [-0.15, -0.1) is 18.3 Å². The summed E-state index contributed by atoms with van der Waals surface area (Å²) in [5.74, 6) is 0.168. The number of para-hydroxylation sites is 1. The Kier molecular flexibility index (Phi) is 9.01. The Morgan fingerprint density at radius 1 is 1.11 bits per heavy atom. The molecule has 1 saturated heterocycles. The van der Waals surface area contributed by atoms with Crippen LogP contribution in [0.4, 0.5) is 24.5 Å². The zero-order valence-corrected chi connectivity index (χ0v) is 25.0. The molecule has 1 fully saturated rings. The molecule has 0 spiro atoms. The van der Waals surface area contributed by atoms with Gasteiger partial charge in [0.1, 0.15) is 11.4 Å². The third kappa shape index (κ3) is 7.09. The van der Waals surface area contributed by atoms with Crippen LogP contribution in [-0.4, -0.2) is 52.1 Å². The fraction of sp³-hybridized carbons (Fsp3) is 0.233. The van der Waals surface area contributed by atoms with Crippen molar-refractivity contribution in [3.8, 4) is 5.75 Å². The standard InChI is InChI=1S/C30H28F3N7O3S/c1-18(2)22-7-5-6-8-24(22)40-17-26(41)44-29(40)36-34-16-19-9-14-23-25(15-19)39(3)37-27(23)28(38-42-4)35-20-10-12-21(13-11-20)43-30(31,32)33/h5-16,18H,17H2,1-4H3,(H,35,38)/b34-16+,36-29-. The van der Waals surface area contributed by atoms with Crippen LogP contribution in [0, 0.1) is 0 Å². The number of hydrogen-bond donors (Lipinski definition) is 1. The SMILES string of the molecule is CONC(=Nc1ccc(OC(F)(F)F)cc1)c1nn(C)c2cc(/C=N/N=C3\SC(=O)CN3c3ccccc3C(C)C)ccc12. The van der Waals surface area contributed by atoms with Crippen molar-refractivity contribution in [3.05, 3.63) is 83.6 Å². The molecule has 44 heavy (non-hydrogen) atoms. The number of hydroxylamine groups is 1. The van der Waals surface area contributed by atoms with Gasteiger partial charge < -0.3 is 9.64 Å². The molecule has 10 nitrogen and oxygen atoms in total. The van der Waals surface area contributed by atoms with Crippen LogP contribution in [-0.2, 0) is 16.7 Å². The predicted octanol–water partition coefficient (Wildman–Crippen LogP) is 6.29. The lowest BCUT2D eigenvalue weighted by Gasteiger charge is -2.21. The van der Waals surface area contributed by atoms with E-state index in [0.717, 1.165) is 39.5 Å². The number of fused-ring (bicyclic) bond motifs is 1. The van der Waals surface area contributed by atoms with Gasteiger partial charge in [0.05, 0.1) is 31.1 Å². The van der Waals surface area contributed by atoms with Gasteiger partial charge in [0.15, 0.2) is 11.0 Å². The maximum Gasteiger partial charge on any atom is 0.573 e. The summed E-state index contributed by atoms with van der Waals surface area (Å²) in [6, 6.07) is 18.6. The smallest absolute Gasteiger partial charge is 0.406 e. The topological polar surface area (TPSA) is 106 Å². The Labute approximate surface area is 255 Å². The van der Waals surface area contributed by atoms with E-state index in [2.05, 4.69) is 44.4 Å². The van der Waals surface area contributed by atoms with Gasteiger partial charge in [-0.2, -0.15) is 10.2 Å². The second kappa shape index (κ2) is 12.9. The van der Waals surface area contributed by atoms with Gasteiger partial charge in [-0.1, -0.05) is 38.1 Å². The molecule has 1 aromatic heterocycles. The van der Waals surface area contributed by atoms with E-state index in [1.54, 1.807) is 17.9 Å². The fourth-order valence-electron chi connectivity index (χ4n) is 4.62. The van der Waals surface area contributed by atoms with E-state index < -0.39 is 6.36 Å². The average Bonchev–Trinajstić information content (AvgIpc) is 3.51. The van der Waals surface area contributed by atoms with Gasteiger partial charge >= 0.3 is 6.36 Å². The Bertz CT molecular complexity index is 1770. The van der Waals surface area contributed by atoms with Crippen molar-refractivity contribution in [3.63, 3.8) is 0 Å². The molecule has 1 N–H and O–H groups in total. The number of carbonyl (C=O) groups is 1. The molecule has 3 aromatic carbocycles. The molecule has 0 radical (unpaired) electrons. The van der Waals surface area contributed by atoms with Crippen LogP contribution < -0.4 is 15.1 Å². The van der Waals surface area contributed by atoms with Crippen molar-refractivity contribution < 1.29 is 27.5 Å². The number of thioether (sulfide) groups is 1. The number of ether oxygens (including phenoxy) is 1. The van der Waals surface area contributed by atoms with Gasteiger partial charge in [0, 0.05) is 18.1 Å². The first-order chi connectivity index (χ1) is 21.0. The molecular formula is C30H28F3N7O3S. The van der Waals surface area contributed by atoms with Crippen molar-refractivity contribution in [2.75, 3.05) is 18.6 Å². The lowest BCUT2D eigenvalue weighted by atomic mass is 10.0. The normalized spacial score (nSPS) is 15.4. The van der Waals surface area contributed by atoms with Crippen LogP contribution in [0.15, 0.2) is 81.9 Å². The quantitative estimate of drug-likeness (QED) is 0.140. The van der Waals surface area contributed by atoms with Crippen LogP contribution in [0.1, 0.15) is 36.6 Å². The van der Waals surface area contributed by atoms with Crippen LogP contribution >= 0.6 is 11.8 Å². The number of nitrogens with one attached hydrogen (secondary N) is 1. The molecule has 2 heterocycles.